The first kappa shape index (κ1) is 14.9. The molecule has 4 nitrogen and oxygen atoms in total. The van der Waals surface area contributed by atoms with Crippen LogP contribution in [0.1, 0.15) is 25.3 Å². The van der Waals surface area contributed by atoms with E-state index < -0.39 is 0 Å². The van der Waals surface area contributed by atoms with Crippen molar-refractivity contribution < 1.29 is 14.3 Å². The molecule has 0 atom stereocenters. The minimum absolute atomic E-state index is 0.245. The average molecular weight is 314 g/mol. The second-order valence-corrected chi connectivity index (χ2v) is 5.35. The highest BCUT2D eigenvalue weighted by Crippen LogP contribution is 2.36. The molecular weight excluding hydrogens is 298 g/mol. The largest absolute Gasteiger partial charge is 0.398 e. The second-order valence-electron chi connectivity index (χ2n) is 4.49. The summed E-state index contributed by atoms with van der Waals surface area (Å²) in [6, 6.07) is 6.24. The average Bonchev–Trinajstić information content (AvgIpc) is 2.34. The maximum Gasteiger partial charge on any atom is 0.373 e. The highest BCUT2D eigenvalue weighted by atomic mass is 79.9. The van der Waals surface area contributed by atoms with E-state index in [1.54, 1.807) is 0 Å². The predicted molar refractivity (Wildman–Crippen MR) is 71.0 cm³/mol. The van der Waals surface area contributed by atoms with Crippen LogP contribution in [0.3, 0.4) is 0 Å². The Hall–Kier alpha value is -1.16. The van der Waals surface area contributed by atoms with E-state index in [2.05, 4.69) is 35.0 Å². The van der Waals surface area contributed by atoms with Crippen LogP contribution in [0.2, 0.25) is 0 Å². The van der Waals surface area contributed by atoms with Gasteiger partial charge in [0.1, 0.15) is 0 Å². The van der Waals surface area contributed by atoms with Gasteiger partial charge in [-0.15, -0.1) is 0 Å². The molecule has 0 aliphatic carbocycles. The van der Waals surface area contributed by atoms with Crippen LogP contribution in [0.5, 0.6) is 0 Å². The lowest BCUT2D eigenvalue weighted by Gasteiger charge is -2.34. The molecule has 2 rings (SSSR count). The van der Waals surface area contributed by atoms with Gasteiger partial charge in [-0.1, -0.05) is 13.0 Å². The summed E-state index contributed by atoms with van der Waals surface area (Å²) in [5.41, 5.74) is 8.19. The molecule has 0 unspecified atom stereocenters. The number of nitrogens with two attached hydrogens (primary N) is 1. The Kier molecular flexibility index (Phi) is 5.54. The number of ether oxygens (including phenoxy) is 1. The fourth-order valence-electron chi connectivity index (χ4n) is 2.01. The number of rotatable bonds is 1. The molecule has 5 heteroatoms. The number of hydrogen-bond acceptors (Lipinski definition) is 4. The molecule has 1 saturated heterocycles. The Morgan fingerprint density at radius 2 is 1.89 bits per heavy atom. The van der Waals surface area contributed by atoms with Gasteiger partial charge in [-0.2, -0.15) is 9.59 Å². The first-order chi connectivity index (χ1) is 8.53. The molecule has 1 fully saturated rings. The molecule has 0 amide bonds. The van der Waals surface area contributed by atoms with Crippen molar-refractivity contribution in [3.05, 3.63) is 28.2 Å². The molecule has 0 saturated carbocycles. The molecule has 0 bridgehead atoms. The van der Waals surface area contributed by atoms with Gasteiger partial charge >= 0.3 is 6.15 Å². The summed E-state index contributed by atoms with van der Waals surface area (Å²) < 4.78 is 6.40. The van der Waals surface area contributed by atoms with Gasteiger partial charge in [-0.3, -0.25) is 0 Å². The zero-order chi connectivity index (χ0) is 13.6. The van der Waals surface area contributed by atoms with Crippen LogP contribution in [0, 0.1) is 0 Å². The van der Waals surface area contributed by atoms with Gasteiger partial charge in [0.2, 0.25) is 0 Å². The molecule has 2 N–H and O–H groups in total. The lowest BCUT2D eigenvalue weighted by molar-refractivity contribution is -0.191. The Morgan fingerprint density at radius 3 is 2.39 bits per heavy atom. The van der Waals surface area contributed by atoms with Gasteiger partial charge in [-0.25, -0.2) is 0 Å². The van der Waals surface area contributed by atoms with Crippen molar-refractivity contribution >= 4 is 27.8 Å². The maximum absolute atomic E-state index is 8.12. The molecule has 0 radical (unpaired) electrons. The van der Waals surface area contributed by atoms with Crippen LogP contribution in [0.15, 0.2) is 22.7 Å². The SMILES string of the molecule is CC1(c2ccc(N)c(Br)c2)CCOCC1.O=C=O. The molecule has 18 heavy (non-hydrogen) atoms. The fourth-order valence-corrected chi connectivity index (χ4v) is 2.39. The number of carbonyl (C=O) groups excluding carboxylic acids is 2. The van der Waals surface area contributed by atoms with Crippen molar-refractivity contribution in [3.63, 3.8) is 0 Å². The quantitative estimate of drug-likeness (QED) is 0.809. The van der Waals surface area contributed by atoms with Crippen molar-refractivity contribution in [2.75, 3.05) is 18.9 Å². The van der Waals surface area contributed by atoms with Gasteiger partial charge in [-0.05, 0) is 51.9 Å². The molecule has 1 aromatic carbocycles. The normalized spacial score (nSPS) is 17.2. The minimum Gasteiger partial charge on any atom is -0.398 e. The zero-order valence-corrected chi connectivity index (χ0v) is 11.8. The number of nitrogen functional groups attached to an aromatic ring is 1. The Bertz CT molecular complexity index is 436. The first-order valence-electron chi connectivity index (χ1n) is 5.66. The van der Waals surface area contributed by atoms with Crippen LogP contribution in [0.25, 0.3) is 0 Å². The molecule has 1 aromatic rings. The van der Waals surface area contributed by atoms with Crippen molar-refractivity contribution in [2.45, 2.75) is 25.2 Å². The third-order valence-corrected chi connectivity index (χ3v) is 3.98. The van der Waals surface area contributed by atoms with Gasteiger partial charge in [0.25, 0.3) is 0 Å². The highest BCUT2D eigenvalue weighted by Gasteiger charge is 2.29. The van der Waals surface area contributed by atoms with E-state index in [9.17, 15) is 0 Å². The Labute approximate surface area is 115 Å². The van der Waals surface area contributed by atoms with E-state index in [1.165, 1.54) is 5.56 Å². The molecule has 1 aliphatic rings. The monoisotopic (exact) mass is 313 g/mol. The lowest BCUT2D eigenvalue weighted by Crippen LogP contribution is -2.30. The summed E-state index contributed by atoms with van der Waals surface area (Å²) in [6.45, 7) is 4.02. The lowest BCUT2D eigenvalue weighted by atomic mass is 9.76. The van der Waals surface area contributed by atoms with Crippen LogP contribution < -0.4 is 5.73 Å². The van der Waals surface area contributed by atoms with Crippen molar-refractivity contribution in [2.24, 2.45) is 0 Å². The molecule has 1 heterocycles. The molecular formula is C13H16BrNO3. The summed E-state index contributed by atoms with van der Waals surface area (Å²) in [5.74, 6) is 0. The summed E-state index contributed by atoms with van der Waals surface area (Å²) in [5, 5.41) is 0. The van der Waals surface area contributed by atoms with Crippen LogP contribution >= 0.6 is 15.9 Å². The topological polar surface area (TPSA) is 69.4 Å². The van der Waals surface area contributed by atoms with E-state index in [0.29, 0.717) is 0 Å². The summed E-state index contributed by atoms with van der Waals surface area (Å²) in [4.78, 5) is 16.2. The Morgan fingerprint density at radius 1 is 1.33 bits per heavy atom. The van der Waals surface area contributed by atoms with Crippen molar-refractivity contribution in [1.29, 1.82) is 0 Å². The summed E-state index contributed by atoms with van der Waals surface area (Å²) >= 11 is 3.48. The highest BCUT2D eigenvalue weighted by molar-refractivity contribution is 9.10. The number of benzene rings is 1. The molecule has 98 valence electrons. The smallest absolute Gasteiger partial charge is 0.373 e. The van der Waals surface area contributed by atoms with Gasteiger partial charge in [0, 0.05) is 23.4 Å². The molecule has 0 aromatic heterocycles. The second kappa shape index (κ2) is 6.69. The summed E-state index contributed by atoms with van der Waals surface area (Å²) in [6.07, 6.45) is 2.42. The van der Waals surface area contributed by atoms with Gasteiger partial charge in [0.15, 0.2) is 0 Å². The van der Waals surface area contributed by atoms with Crippen molar-refractivity contribution in [1.82, 2.24) is 0 Å². The zero-order valence-electron chi connectivity index (χ0n) is 10.2. The van der Waals surface area contributed by atoms with Gasteiger partial charge < -0.3 is 10.5 Å². The molecule has 1 aliphatic heterocycles. The fraction of sp³-hybridized carbons (Fsp3) is 0.462. The standard InChI is InChI=1S/C12H16BrNO.CO2/c1-12(4-6-15-7-5-12)9-2-3-11(14)10(13)8-9;2-1-3/h2-3,8H,4-7,14H2,1H3;. The van der Waals surface area contributed by atoms with E-state index in [1.807, 2.05) is 6.07 Å². The van der Waals surface area contributed by atoms with Crippen molar-refractivity contribution in [3.8, 4) is 0 Å². The number of halogens is 1. The third kappa shape index (κ3) is 3.67. The van der Waals surface area contributed by atoms with E-state index in [-0.39, 0.29) is 11.6 Å². The predicted octanol–water partition coefficient (Wildman–Crippen LogP) is 2.52. The molecule has 0 spiro atoms. The maximum atomic E-state index is 8.12. The number of hydrogen-bond donors (Lipinski definition) is 1. The summed E-state index contributed by atoms with van der Waals surface area (Å²) in [7, 11) is 0. The first-order valence-corrected chi connectivity index (χ1v) is 6.45. The van der Waals surface area contributed by atoms with Gasteiger partial charge in [0.05, 0.1) is 0 Å². The Balaban J connectivity index is 0.000000492. The third-order valence-electron chi connectivity index (χ3n) is 3.29. The van der Waals surface area contributed by atoms with Crippen LogP contribution in [0.4, 0.5) is 5.69 Å². The minimum atomic E-state index is 0.245. The van der Waals surface area contributed by atoms with E-state index in [0.717, 1.165) is 36.2 Å². The van der Waals surface area contributed by atoms with Crippen LogP contribution in [-0.4, -0.2) is 19.4 Å². The van der Waals surface area contributed by atoms with Crippen LogP contribution in [-0.2, 0) is 19.7 Å². The van der Waals surface area contributed by atoms with E-state index >= 15 is 0 Å². The van der Waals surface area contributed by atoms with E-state index in [4.69, 9.17) is 20.1 Å². The number of anilines is 1.